The Hall–Kier alpha value is -3.13. The van der Waals surface area contributed by atoms with Crippen LogP contribution in [0.5, 0.6) is 0 Å². The summed E-state index contributed by atoms with van der Waals surface area (Å²) in [6.45, 7) is 9.22. The van der Waals surface area contributed by atoms with Crippen LogP contribution in [-0.4, -0.2) is 50.0 Å². The fourth-order valence-corrected chi connectivity index (χ4v) is 4.92. The summed E-state index contributed by atoms with van der Waals surface area (Å²) in [6.07, 6.45) is 4.70. The Morgan fingerprint density at radius 2 is 1.86 bits per heavy atom. The molecule has 186 valence electrons. The first kappa shape index (κ1) is 25.0. The van der Waals surface area contributed by atoms with Gasteiger partial charge in [-0.25, -0.2) is 4.98 Å². The minimum atomic E-state index is -0.585. The Morgan fingerprint density at radius 3 is 2.57 bits per heavy atom. The van der Waals surface area contributed by atoms with Crippen LogP contribution in [0.1, 0.15) is 49.4 Å². The minimum absolute atomic E-state index is 0.0537. The molecule has 3 heterocycles. The molecule has 8 nitrogen and oxygen atoms in total. The van der Waals surface area contributed by atoms with Gasteiger partial charge >= 0.3 is 0 Å². The molecule has 3 aromatic rings. The number of amides is 2. The predicted octanol–water partition coefficient (Wildman–Crippen LogP) is 3.67. The number of hydrogen-bond acceptors (Lipinski definition) is 4. The molecule has 2 amide bonds. The maximum absolute atomic E-state index is 13.3. The van der Waals surface area contributed by atoms with E-state index in [1.165, 1.54) is 10.9 Å². The van der Waals surface area contributed by atoms with E-state index in [1.807, 2.05) is 48.4 Å². The number of aromatic nitrogens is 3. The normalized spacial score (nSPS) is 14.8. The third-order valence-electron chi connectivity index (χ3n) is 6.89. The highest BCUT2D eigenvalue weighted by atomic mass is 35.5. The Bertz CT molecular complexity index is 1340. The van der Waals surface area contributed by atoms with Gasteiger partial charge in [-0.3, -0.25) is 23.5 Å². The van der Waals surface area contributed by atoms with Crippen molar-refractivity contribution in [3.8, 4) is 5.69 Å². The summed E-state index contributed by atoms with van der Waals surface area (Å²) < 4.78 is 3.42. The van der Waals surface area contributed by atoms with Gasteiger partial charge in [0.1, 0.15) is 6.04 Å². The second-order valence-electron chi connectivity index (χ2n) is 9.34. The van der Waals surface area contributed by atoms with Gasteiger partial charge in [-0.15, -0.1) is 0 Å². The number of nitrogens with zero attached hydrogens (tertiary/aromatic N) is 4. The topological polar surface area (TPSA) is 89.2 Å². The van der Waals surface area contributed by atoms with Gasteiger partial charge in [-0.05, 0) is 70.2 Å². The van der Waals surface area contributed by atoms with Crippen LogP contribution in [-0.2, 0) is 16.1 Å². The second-order valence-corrected chi connectivity index (χ2v) is 9.78. The summed E-state index contributed by atoms with van der Waals surface area (Å²) in [4.78, 5) is 44.9. The van der Waals surface area contributed by atoms with Gasteiger partial charge in [0.25, 0.3) is 5.56 Å². The molecule has 1 aliphatic rings. The van der Waals surface area contributed by atoms with Gasteiger partial charge in [0.05, 0.1) is 17.4 Å². The van der Waals surface area contributed by atoms with Gasteiger partial charge in [-0.1, -0.05) is 17.7 Å². The molecule has 0 saturated carbocycles. The SMILES string of the molecule is Cc1ccc(Cl)cc1-n1c(C)c(C)c2c(=O)n(CCC(=O)N[C@H](C)C(=O)N3CCCCC3)cnc21. The molecular formula is C26H32ClN5O3. The Kier molecular flexibility index (Phi) is 7.31. The number of benzene rings is 1. The fourth-order valence-electron chi connectivity index (χ4n) is 4.75. The van der Waals surface area contributed by atoms with E-state index in [4.69, 9.17) is 11.6 Å². The van der Waals surface area contributed by atoms with Crippen LogP contribution in [0, 0.1) is 20.8 Å². The number of halogens is 1. The maximum Gasteiger partial charge on any atom is 0.263 e. The Morgan fingerprint density at radius 1 is 1.14 bits per heavy atom. The van der Waals surface area contributed by atoms with Crippen molar-refractivity contribution in [3.05, 3.63) is 56.7 Å². The van der Waals surface area contributed by atoms with Crippen molar-refractivity contribution in [1.29, 1.82) is 0 Å². The van der Waals surface area contributed by atoms with Gasteiger partial charge < -0.3 is 10.2 Å². The van der Waals surface area contributed by atoms with Gasteiger partial charge in [0.2, 0.25) is 11.8 Å². The lowest BCUT2D eigenvalue weighted by molar-refractivity contribution is -0.136. The zero-order valence-electron chi connectivity index (χ0n) is 20.7. The Labute approximate surface area is 209 Å². The number of rotatable bonds is 6. The zero-order valence-corrected chi connectivity index (χ0v) is 21.5. The van der Waals surface area contributed by atoms with Crippen LogP contribution in [0.2, 0.25) is 5.02 Å². The van der Waals surface area contributed by atoms with E-state index < -0.39 is 6.04 Å². The number of piperidine rings is 1. The highest BCUT2D eigenvalue weighted by Gasteiger charge is 2.24. The highest BCUT2D eigenvalue weighted by Crippen LogP contribution is 2.28. The lowest BCUT2D eigenvalue weighted by Gasteiger charge is -2.29. The highest BCUT2D eigenvalue weighted by molar-refractivity contribution is 6.30. The molecule has 1 saturated heterocycles. The first-order chi connectivity index (χ1) is 16.7. The van der Waals surface area contributed by atoms with Gasteiger partial charge in [-0.2, -0.15) is 0 Å². The van der Waals surface area contributed by atoms with Gasteiger partial charge in [0, 0.05) is 36.8 Å². The number of hydrogen-bond donors (Lipinski definition) is 1. The van der Waals surface area contributed by atoms with Crippen LogP contribution in [0.3, 0.4) is 0 Å². The van der Waals surface area contributed by atoms with E-state index in [2.05, 4.69) is 10.3 Å². The summed E-state index contributed by atoms with van der Waals surface area (Å²) in [7, 11) is 0. The molecule has 0 unspecified atom stereocenters. The second kappa shape index (κ2) is 10.2. The average molecular weight is 498 g/mol. The number of fused-ring (bicyclic) bond motifs is 1. The summed E-state index contributed by atoms with van der Waals surface area (Å²) in [5, 5.41) is 3.91. The molecule has 1 aromatic carbocycles. The maximum atomic E-state index is 13.3. The summed E-state index contributed by atoms with van der Waals surface area (Å²) in [5.74, 6) is -0.322. The molecule has 4 rings (SSSR count). The molecule has 0 radical (unpaired) electrons. The molecule has 0 aliphatic carbocycles. The van der Waals surface area contributed by atoms with Crippen molar-refractivity contribution >= 4 is 34.4 Å². The number of carbonyl (C=O) groups excluding carboxylic acids is 2. The molecule has 0 spiro atoms. The predicted molar refractivity (Wildman–Crippen MR) is 137 cm³/mol. The summed E-state index contributed by atoms with van der Waals surface area (Å²) in [6, 6.07) is 5.06. The molecule has 1 aliphatic heterocycles. The van der Waals surface area contributed by atoms with Gasteiger partial charge in [0.15, 0.2) is 5.65 Å². The molecule has 9 heteroatoms. The number of aryl methyl sites for hydroxylation is 3. The number of carbonyl (C=O) groups is 2. The fraction of sp³-hybridized carbons (Fsp3) is 0.462. The van der Waals surface area contributed by atoms with Crippen molar-refractivity contribution in [3.63, 3.8) is 0 Å². The lowest BCUT2D eigenvalue weighted by atomic mass is 10.1. The third kappa shape index (κ3) is 4.98. The smallest absolute Gasteiger partial charge is 0.263 e. The number of likely N-dealkylation sites (tertiary alicyclic amines) is 1. The van der Waals surface area contributed by atoms with Crippen LogP contribution in [0.25, 0.3) is 16.7 Å². The largest absolute Gasteiger partial charge is 0.345 e. The van der Waals surface area contributed by atoms with E-state index in [1.54, 1.807) is 6.92 Å². The van der Waals surface area contributed by atoms with Crippen molar-refractivity contribution in [2.75, 3.05) is 13.1 Å². The van der Waals surface area contributed by atoms with Crippen molar-refractivity contribution in [2.24, 2.45) is 0 Å². The molecule has 35 heavy (non-hydrogen) atoms. The van der Waals surface area contributed by atoms with E-state index >= 15 is 0 Å². The van der Waals surface area contributed by atoms with Crippen LogP contribution in [0.4, 0.5) is 0 Å². The first-order valence-corrected chi connectivity index (χ1v) is 12.5. The van der Waals surface area contributed by atoms with Crippen molar-refractivity contribution in [1.82, 2.24) is 24.3 Å². The summed E-state index contributed by atoms with van der Waals surface area (Å²) >= 11 is 6.24. The zero-order chi connectivity index (χ0) is 25.3. The minimum Gasteiger partial charge on any atom is -0.345 e. The molecule has 2 aromatic heterocycles. The van der Waals surface area contributed by atoms with E-state index in [9.17, 15) is 14.4 Å². The van der Waals surface area contributed by atoms with Crippen LogP contribution < -0.4 is 10.9 Å². The number of nitrogens with one attached hydrogen (secondary N) is 1. The lowest BCUT2D eigenvalue weighted by Crippen LogP contribution is -2.48. The van der Waals surface area contributed by atoms with E-state index in [0.29, 0.717) is 16.1 Å². The molecular weight excluding hydrogens is 466 g/mol. The molecule has 0 bridgehead atoms. The van der Waals surface area contributed by atoms with E-state index in [0.717, 1.165) is 54.9 Å². The van der Waals surface area contributed by atoms with E-state index in [-0.39, 0.29) is 30.3 Å². The molecule has 1 fully saturated rings. The first-order valence-electron chi connectivity index (χ1n) is 12.1. The average Bonchev–Trinajstić information content (AvgIpc) is 3.10. The monoisotopic (exact) mass is 497 g/mol. The Balaban J connectivity index is 1.52. The standard InChI is InChI=1S/C26H32ClN5O3/c1-16-8-9-20(27)14-21(16)32-19(4)17(2)23-24(32)28-15-31(26(23)35)13-10-22(33)29-18(3)25(34)30-11-6-5-7-12-30/h8-9,14-15,18H,5-7,10-13H2,1-4H3,(H,29,33)/t18-/m1/s1. The van der Waals surface area contributed by atoms with Crippen LogP contribution in [0.15, 0.2) is 29.3 Å². The van der Waals surface area contributed by atoms with Crippen molar-refractivity contribution < 1.29 is 9.59 Å². The van der Waals surface area contributed by atoms with Crippen molar-refractivity contribution in [2.45, 2.75) is 66.0 Å². The molecule has 1 N–H and O–H groups in total. The third-order valence-corrected chi connectivity index (χ3v) is 7.13. The summed E-state index contributed by atoms with van der Waals surface area (Å²) in [5.41, 5.74) is 4.03. The quantitative estimate of drug-likeness (QED) is 0.562. The van der Waals surface area contributed by atoms with Crippen LogP contribution >= 0.6 is 11.6 Å². The molecule has 1 atom stereocenters.